The minimum atomic E-state index is -3.69. The monoisotopic (exact) mass is 584 g/mol. The Kier molecular flexibility index (Phi) is 7.89. The van der Waals surface area contributed by atoms with E-state index in [0.29, 0.717) is 42.5 Å². The van der Waals surface area contributed by atoms with E-state index in [4.69, 9.17) is 4.74 Å². The fraction of sp³-hybridized carbons (Fsp3) is 0.562. The molecule has 2 amide bonds. The number of rotatable bonds is 7. The largest absolute Gasteiger partial charge is 0.497 e. The zero-order valence-electron chi connectivity index (χ0n) is 25.2. The maximum absolute atomic E-state index is 14.9. The topological polar surface area (TPSA) is 76.3 Å². The molecule has 0 aliphatic carbocycles. The van der Waals surface area contributed by atoms with Crippen LogP contribution in [0.1, 0.15) is 54.9 Å². The molecule has 0 unspecified atom stereocenters. The summed E-state index contributed by atoms with van der Waals surface area (Å²) in [6, 6.07) is 8.35. The zero-order chi connectivity index (χ0) is 30.4. The molecule has 3 aliphatic heterocycles. The Morgan fingerprint density at radius 2 is 1.69 bits per heavy atom. The van der Waals surface area contributed by atoms with E-state index in [-0.39, 0.29) is 17.0 Å². The van der Waals surface area contributed by atoms with Crippen LogP contribution in [0.3, 0.4) is 0 Å². The van der Waals surface area contributed by atoms with Crippen LogP contribution in [0.5, 0.6) is 5.75 Å². The second-order valence-corrected chi connectivity index (χ2v) is 12.7. The molecule has 0 bridgehead atoms. The summed E-state index contributed by atoms with van der Waals surface area (Å²) in [5.41, 5.74) is 0.00384. The van der Waals surface area contributed by atoms with Crippen molar-refractivity contribution < 1.29 is 28.2 Å². The number of anilines is 2. The predicted molar refractivity (Wildman–Crippen MR) is 158 cm³/mol. The number of likely N-dealkylation sites (tertiary alicyclic amines) is 1. The number of piperidine rings is 2. The van der Waals surface area contributed by atoms with Gasteiger partial charge in [0.25, 0.3) is 11.8 Å². The summed E-state index contributed by atoms with van der Waals surface area (Å²) in [7, 11) is 4.95. The number of hydrogen-bond acceptors (Lipinski definition) is 6. The molecule has 3 heterocycles. The highest BCUT2D eigenvalue weighted by Crippen LogP contribution is 2.57. The number of halogens is 2. The second-order valence-electron chi connectivity index (χ2n) is 12.7. The number of ether oxygens (including phenoxy) is 1. The fourth-order valence-electron chi connectivity index (χ4n) is 6.71. The minimum Gasteiger partial charge on any atom is -0.497 e. The highest BCUT2D eigenvalue weighted by Gasteiger charge is 2.85. The van der Waals surface area contributed by atoms with E-state index >= 15 is 0 Å². The van der Waals surface area contributed by atoms with E-state index in [2.05, 4.69) is 17.9 Å². The number of alkyl halides is 2. The van der Waals surface area contributed by atoms with Gasteiger partial charge in [-0.25, -0.2) is 0 Å². The van der Waals surface area contributed by atoms with Crippen LogP contribution in [0.4, 0.5) is 20.2 Å². The van der Waals surface area contributed by atoms with Gasteiger partial charge in [-0.05, 0) is 86.3 Å². The molecule has 10 heteroatoms. The van der Waals surface area contributed by atoms with Crippen LogP contribution in [0, 0.1) is 18.3 Å². The van der Waals surface area contributed by atoms with Crippen molar-refractivity contribution in [3.8, 4) is 5.75 Å². The SMILES string of the molecule is COc1cccc(N2C(F)(F)[C@@]2(O)C(=O)N2CCC(C)(CC3CCN(c4ccc(C(=O)N(C)C)c(C)c4)CC3)CC2)c1. The van der Waals surface area contributed by atoms with Crippen molar-refractivity contribution in [3.05, 3.63) is 53.6 Å². The number of benzene rings is 2. The van der Waals surface area contributed by atoms with Gasteiger partial charge in [-0.3, -0.25) is 14.5 Å². The number of aliphatic hydroxyl groups is 1. The number of methoxy groups -OCH3 is 1. The molecule has 3 aliphatic rings. The lowest BCUT2D eigenvalue weighted by atomic mass is 9.71. The summed E-state index contributed by atoms with van der Waals surface area (Å²) in [5.74, 6) is -0.0222. The maximum Gasteiger partial charge on any atom is 0.385 e. The Hall–Kier alpha value is -3.40. The second kappa shape index (κ2) is 11.0. The van der Waals surface area contributed by atoms with Gasteiger partial charge in [0.1, 0.15) is 5.75 Å². The molecule has 3 saturated heterocycles. The Labute approximate surface area is 246 Å². The standard InChI is InChI=1S/C32H42F2N4O4/c1-22-19-24(9-10-27(22)28(39)35(3)4)36-15-11-23(12-16-36)21-30(2)13-17-37(18-14-30)29(40)31(41)32(33,34)38(31)25-7-6-8-26(20-25)42-5/h6-10,19-20,23,41H,11-18,21H2,1-5H3/t31-,38?/m0/s1. The van der Waals surface area contributed by atoms with Gasteiger partial charge in [0.2, 0.25) is 0 Å². The summed E-state index contributed by atoms with van der Waals surface area (Å²) >= 11 is 0. The molecule has 0 aromatic heterocycles. The third-order valence-corrected chi connectivity index (χ3v) is 9.45. The Balaban J connectivity index is 1.14. The molecular weight excluding hydrogens is 542 g/mol. The van der Waals surface area contributed by atoms with Gasteiger partial charge < -0.3 is 24.5 Å². The highest BCUT2D eigenvalue weighted by molar-refractivity contribution is 5.96. The lowest BCUT2D eigenvalue weighted by Crippen LogP contribution is -2.50. The molecule has 228 valence electrons. The number of carbonyl (C=O) groups excluding carboxylic acids is 2. The van der Waals surface area contributed by atoms with Crippen molar-refractivity contribution in [2.75, 3.05) is 57.2 Å². The van der Waals surface area contributed by atoms with E-state index in [1.54, 1.807) is 31.1 Å². The first-order chi connectivity index (χ1) is 19.8. The molecule has 0 spiro atoms. The Bertz CT molecular complexity index is 1340. The number of amides is 2. The first-order valence-corrected chi connectivity index (χ1v) is 14.7. The third kappa shape index (κ3) is 5.29. The van der Waals surface area contributed by atoms with E-state index in [0.717, 1.165) is 49.2 Å². The average Bonchev–Trinajstić information content (AvgIpc) is 3.44. The van der Waals surface area contributed by atoms with E-state index in [1.165, 1.54) is 24.1 Å². The first kappa shape index (κ1) is 30.1. The molecule has 2 aromatic rings. The van der Waals surface area contributed by atoms with Gasteiger partial charge in [-0.15, -0.1) is 0 Å². The molecule has 8 nitrogen and oxygen atoms in total. The molecule has 0 saturated carbocycles. The van der Waals surface area contributed by atoms with E-state index in [1.807, 2.05) is 19.1 Å². The molecule has 1 atom stereocenters. The number of hydrogen-bond donors (Lipinski definition) is 1. The summed E-state index contributed by atoms with van der Waals surface area (Å²) < 4.78 is 34.8. The molecular formula is C32H42F2N4O4. The predicted octanol–water partition coefficient (Wildman–Crippen LogP) is 4.74. The van der Waals surface area contributed by atoms with Crippen molar-refractivity contribution in [2.24, 2.45) is 11.3 Å². The molecule has 2 aromatic carbocycles. The normalized spacial score (nSPS) is 23.5. The van der Waals surface area contributed by atoms with Gasteiger partial charge in [-0.2, -0.15) is 8.78 Å². The molecule has 42 heavy (non-hydrogen) atoms. The van der Waals surface area contributed by atoms with Gasteiger partial charge in [-0.1, -0.05) is 13.0 Å². The first-order valence-electron chi connectivity index (χ1n) is 14.7. The lowest BCUT2D eigenvalue weighted by molar-refractivity contribution is -0.151. The van der Waals surface area contributed by atoms with Gasteiger partial charge in [0.05, 0.1) is 7.11 Å². The van der Waals surface area contributed by atoms with Gasteiger partial charge in [0.15, 0.2) is 0 Å². The third-order valence-electron chi connectivity index (χ3n) is 9.45. The summed E-state index contributed by atoms with van der Waals surface area (Å²) in [6.45, 7) is 6.77. The van der Waals surface area contributed by atoms with Crippen LogP contribution in [-0.4, -0.2) is 85.9 Å². The number of carbonyl (C=O) groups is 2. The van der Waals surface area contributed by atoms with Crippen LogP contribution >= 0.6 is 0 Å². The van der Waals surface area contributed by atoms with E-state index < -0.39 is 17.7 Å². The van der Waals surface area contributed by atoms with Crippen LogP contribution in [-0.2, 0) is 4.79 Å². The summed E-state index contributed by atoms with van der Waals surface area (Å²) in [5, 5.41) is 10.9. The number of nitrogens with zero attached hydrogens (tertiary/aromatic N) is 4. The van der Waals surface area contributed by atoms with Crippen molar-refractivity contribution >= 4 is 23.2 Å². The Morgan fingerprint density at radius 3 is 2.29 bits per heavy atom. The van der Waals surface area contributed by atoms with Crippen LogP contribution in [0.15, 0.2) is 42.5 Å². The molecule has 5 rings (SSSR count). The van der Waals surface area contributed by atoms with Crippen LogP contribution < -0.4 is 14.5 Å². The van der Waals surface area contributed by atoms with Crippen molar-refractivity contribution in [2.45, 2.75) is 57.7 Å². The molecule has 3 fully saturated rings. The van der Waals surface area contributed by atoms with Gasteiger partial charge >= 0.3 is 11.8 Å². The molecule has 0 radical (unpaired) electrons. The van der Waals surface area contributed by atoms with Crippen LogP contribution in [0.25, 0.3) is 0 Å². The summed E-state index contributed by atoms with van der Waals surface area (Å²) in [4.78, 5) is 31.4. The highest BCUT2D eigenvalue weighted by atomic mass is 19.3. The minimum absolute atomic E-state index is 0.00735. The quantitative estimate of drug-likeness (QED) is 0.374. The number of aryl methyl sites for hydroxylation is 1. The maximum atomic E-state index is 14.9. The smallest absolute Gasteiger partial charge is 0.385 e. The Morgan fingerprint density at radius 1 is 1.02 bits per heavy atom. The lowest BCUT2D eigenvalue weighted by Gasteiger charge is -2.43. The fourth-order valence-corrected chi connectivity index (χ4v) is 6.71. The zero-order valence-corrected chi connectivity index (χ0v) is 25.2. The van der Waals surface area contributed by atoms with Gasteiger partial charge in [0, 0.05) is 63.3 Å². The van der Waals surface area contributed by atoms with Crippen LogP contribution in [0.2, 0.25) is 0 Å². The van der Waals surface area contributed by atoms with Crippen molar-refractivity contribution in [1.82, 2.24) is 9.80 Å². The molecule has 1 N–H and O–H groups in total. The van der Waals surface area contributed by atoms with E-state index in [9.17, 15) is 23.5 Å². The van der Waals surface area contributed by atoms with Crippen molar-refractivity contribution in [1.29, 1.82) is 0 Å². The average molecular weight is 585 g/mol. The summed E-state index contributed by atoms with van der Waals surface area (Å²) in [6.07, 6.45) is 4.55. The van der Waals surface area contributed by atoms with Crippen molar-refractivity contribution in [3.63, 3.8) is 0 Å².